The van der Waals surface area contributed by atoms with Crippen LogP contribution >= 0.6 is 0 Å². The molecule has 6 heteroatoms. The molecule has 0 atom stereocenters. The van der Waals surface area contributed by atoms with E-state index in [-0.39, 0.29) is 6.04 Å². The lowest BCUT2D eigenvalue weighted by molar-refractivity contribution is 0.0602. The van der Waals surface area contributed by atoms with E-state index in [1.54, 1.807) is 18.2 Å². The van der Waals surface area contributed by atoms with E-state index >= 15 is 0 Å². The number of hydrogen-bond donors (Lipinski definition) is 2. The second-order valence-corrected chi connectivity index (χ2v) is 5.18. The molecule has 1 aromatic heterocycles. The van der Waals surface area contributed by atoms with Gasteiger partial charge in [0.25, 0.3) is 0 Å². The molecule has 1 aromatic carbocycles. The van der Waals surface area contributed by atoms with Crippen LogP contribution in [0.3, 0.4) is 0 Å². The van der Waals surface area contributed by atoms with E-state index in [0.717, 1.165) is 5.69 Å². The number of para-hydroxylation sites is 1. The van der Waals surface area contributed by atoms with Crippen molar-refractivity contribution in [3.63, 3.8) is 0 Å². The Bertz CT molecular complexity index is 671. The van der Waals surface area contributed by atoms with Crippen molar-refractivity contribution in [1.82, 2.24) is 9.97 Å². The highest BCUT2D eigenvalue weighted by molar-refractivity contribution is 5.96. The van der Waals surface area contributed by atoms with Gasteiger partial charge in [-0.05, 0) is 32.9 Å². The van der Waals surface area contributed by atoms with Crippen LogP contribution in [0.2, 0.25) is 0 Å². The van der Waals surface area contributed by atoms with Crippen LogP contribution in [0.4, 0.5) is 17.5 Å². The fraction of sp³-hybridized carbons (Fsp3) is 0.312. The Hall–Kier alpha value is -2.63. The molecule has 0 radical (unpaired) electrons. The van der Waals surface area contributed by atoms with Crippen LogP contribution in [0.25, 0.3) is 0 Å². The largest absolute Gasteiger partial charge is 0.465 e. The number of nitrogens with zero attached hydrogens (tertiary/aromatic N) is 2. The zero-order valence-electron chi connectivity index (χ0n) is 13.2. The Morgan fingerprint density at radius 2 is 1.95 bits per heavy atom. The molecule has 0 saturated carbocycles. The van der Waals surface area contributed by atoms with Gasteiger partial charge in [0.15, 0.2) is 0 Å². The number of benzene rings is 1. The number of rotatable bonds is 5. The van der Waals surface area contributed by atoms with E-state index in [9.17, 15) is 4.79 Å². The molecule has 22 heavy (non-hydrogen) atoms. The predicted molar refractivity (Wildman–Crippen MR) is 86.6 cm³/mol. The molecule has 0 spiro atoms. The van der Waals surface area contributed by atoms with Crippen molar-refractivity contribution in [3.05, 3.63) is 41.6 Å². The predicted octanol–water partition coefficient (Wildman–Crippen LogP) is 3.14. The normalized spacial score (nSPS) is 10.4. The maximum atomic E-state index is 11.8. The minimum absolute atomic E-state index is 0.233. The van der Waals surface area contributed by atoms with E-state index in [4.69, 9.17) is 4.74 Å². The number of nitrogens with one attached hydrogen (secondary N) is 2. The molecular weight excluding hydrogens is 280 g/mol. The Labute approximate surface area is 129 Å². The topological polar surface area (TPSA) is 76.1 Å². The first-order chi connectivity index (χ1) is 10.5. The lowest BCUT2D eigenvalue weighted by Crippen LogP contribution is -2.14. The number of ether oxygens (including phenoxy) is 1. The number of anilines is 3. The van der Waals surface area contributed by atoms with Crippen LogP contribution in [-0.2, 0) is 4.74 Å². The Morgan fingerprint density at radius 1 is 1.23 bits per heavy atom. The second-order valence-electron chi connectivity index (χ2n) is 5.18. The van der Waals surface area contributed by atoms with Crippen molar-refractivity contribution in [2.24, 2.45) is 0 Å². The molecule has 6 nitrogen and oxygen atoms in total. The summed E-state index contributed by atoms with van der Waals surface area (Å²) in [7, 11) is 1.36. The zero-order chi connectivity index (χ0) is 16.1. The molecule has 0 fully saturated rings. The van der Waals surface area contributed by atoms with E-state index in [1.165, 1.54) is 7.11 Å². The number of hydrogen-bond acceptors (Lipinski definition) is 6. The monoisotopic (exact) mass is 300 g/mol. The Morgan fingerprint density at radius 3 is 2.64 bits per heavy atom. The third kappa shape index (κ3) is 3.94. The molecule has 2 N–H and O–H groups in total. The highest BCUT2D eigenvalue weighted by atomic mass is 16.5. The molecule has 1 heterocycles. The minimum Gasteiger partial charge on any atom is -0.465 e. The molecule has 2 rings (SSSR count). The molecule has 0 aliphatic heterocycles. The fourth-order valence-electron chi connectivity index (χ4n) is 1.97. The van der Waals surface area contributed by atoms with Crippen molar-refractivity contribution in [2.75, 3.05) is 17.7 Å². The summed E-state index contributed by atoms with van der Waals surface area (Å²) in [6.07, 6.45) is 0. The van der Waals surface area contributed by atoms with Gasteiger partial charge in [-0.2, -0.15) is 4.98 Å². The van der Waals surface area contributed by atoms with Crippen molar-refractivity contribution < 1.29 is 9.53 Å². The van der Waals surface area contributed by atoms with Crippen LogP contribution < -0.4 is 10.6 Å². The number of methoxy groups -OCH3 is 1. The highest BCUT2D eigenvalue weighted by Crippen LogP contribution is 2.21. The summed E-state index contributed by atoms with van der Waals surface area (Å²) < 4.78 is 4.79. The van der Waals surface area contributed by atoms with Gasteiger partial charge >= 0.3 is 5.97 Å². The summed E-state index contributed by atoms with van der Waals surface area (Å²) in [5, 5.41) is 6.32. The van der Waals surface area contributed by atoms with Crippen molar-refractivity contribution in [3.8, 4) is 0 Å². The van der Waals surface area contributed by atoms with Gasteiger partial charge in [-0.25, -0.2) is 9.78 Å². The molecule has 2 aromatic rings. The van der Waals surface area contributed by atoms with Crippen LogP contribution in [0.1, 0.15) is 29.9 Å². The first-order valence-electron chi connectivity index (χ1n) is 7.06. The van der Waals surface area contributed by atoms with Gasteiger partial charge in [0.2, 0.25) is 5.95 Å². The van der Waals surface area contributed by atoms with Gasteiger partial charge in [-0.3, -0.25) is 0 Å². The maximum absolute atomic E-state index is 11.8. The van der Waals surface area contributed by atoms with E-state index < -0.39 is 5.97 Å². The van der Waals surface area contributed by atoms with E-state index in [0.29, 0.717) is 23.0 Å². The first-order valence-corrected chi connectivity index (χ1v) is 7.06. The quantitative estimate of drug-likeness (QED) is 0.826. The van der Waals surface area contributed by atoms with Crippen LogP contribution in [-0.4, -0.2) is 29.1 Å². The zero-order valence-corrected chi connectivity index (χ0v) is 13.2. The average molecular weight is 300 g/mol. The lowest BCUT2D eigenvalue weighted by Gasteiger charge is -2.13. The average Bonchev–Trinajstić information content (AvgIpc) is 2.45. The highest BCUT2D eigenvalue weighted by Gasteiger charge is 2.12. The van der Waals surface area contributed by atoms with Crippen molar-refractivity contribution >= 4 is 23.4 Å². The minimum atomic E-state index is -0.394. The summed E-state index contributed by atoms with van der Waals surface area (Å²) in [6.45, 7) is 5.93. The number of esters is 1. The van der Waals surface area contributed by atoms with Gasteiger partial charge in [-0.1, -0.05) is 12.1 Å². The summed E-state index contributed by atoms with van der Waals surface area (Å²) in [5.74, 6) is 0.773. The Kier molecular flexibility index (Phi) is 4.93. The Balaban J connectivity index is 2.31. The van der Waals surface area contributed by atoms with Crippen molar-refractivity contribution in [2.45, 2.75) is 26.8 Å². The van der Waals surface area contributed by atoms with Crippen LogP contribution in [0, 0.1) is 6.92 Å². The number of aryl methyl sites for hydroxylation is 1. The molecule has 0 aliphatic carbocycles. The van der Waals surface area contributed by atoms with E-state index in [1.807, 2.05) is 32.9 Å². The van der Waals surface area contributed by atoms with Gasteiger partial charge in [0.05, 0.1) is 18.4 Å². The lowest BCUT2D eigenvalue weighted by atomic mass is 10.2. The molecule has 0 amide bonds. The molecule has 116 valence electrons. The maximum Gasteiger partial charge on any atom is 0.339 e. The van der Waals surface area contributed by atoms with Gasteiger partial charge in [-0.15, -0.1) is 0 Å². The number of carbonyl (C=O) groups is 1. The van der Waals surface area contributed by atoms with Crippen molar-refractivity contribution in [1.29, 1.82) is 0 Å². The summed E-state index contributed by atoms with van der Waals surface area (Å²) in [4.78, 5) is 20.5. The van der Waals surface area contributed by atoms with Gasteiger partial charge < -0.3 is 15.4 Å². The molecule has 0 bridgehead atoms. The third-order valence-electron chi connectivity index (χ3n) is 2.87. The van der Waals surface area contributed by atoms with E-state index in [2.05, 4.69) is 20.6 Å². The first kappa shape index (κ1) is 15.8. The third-order valence-corrected chi connectivity index (χ3v) is 2.87. The summed E-state index contributed by atoms with van der Waals surface area (Å²) >= 11 is 0. The summed E-state index contributed by atoms with van der Waals surface area (Å²) in [5.41, 5.74) is 1.93. The number of carbonyl (C=O) groups excluding carboxylic acids is 1. The number of aromatic nitrogens is 2. The fourth-order valence-corrected chi connectivity index (χ4v) is 1.97. The van der Waals surface area contributed by atoms with Crippen LogP contribution in [0.15, 0.2) is 30.3 Å². The molecule has 0 saturated heterocycles. The smallest absolute Gasteiger partial charge is 0.339 e. The second kappa shape index (κ2) is 6.89. The van der Waals surface area contributed by atoms with Gasteiger partial charge in [0, 0.05) is 17.8 Å². The molecule has 0 unspecified atom stereocenters. The summed E-state index contributed by atoms with van der Waals surface area (Å²) in [6, 6.07) is 9.19. The van der Waals surface area contributed by atoms with Gasteiger partial charge in [0.1, 0.15) is 5.82 Å². The SMILES string of the molecule is COC(=O)c1ccccc1Nc1cc(C)nc(NC(C)C)n1. The molecule has 0 aliphatic rings. The van der Waals surface area contributed by atoms with Crippen LogP contribution in [0.5, 0.6) is 0 Å². The standard InChI is InChI=1S/C16H20N4O2/c1-10(2)17-16-18-11(3)9-14(20-16)19-13-8-6-5-7-12(13)15(21)22-4/h5-10H,1-4H3,(H2,17,18,19,20). The molecular formula is C16H20N4O2.